The van der Waals surface area contributed by atoms with Crippen molar-refractivity contribution in [2.45, 2.75) is 39.8 Å². The molecule has 0 saturated carbocycles. The van der Waals surface area contributed by atoms with Gasteiger partial charge in [0.2, 0.25) is 0 Å². The van der Waals surface area contributed by atoms with Crippen molar-refractivity contribution in [1.29, 1.82) is 0 Å². The summed E-state index contributed by atoms with van der Waals surface area (Å²) in [4.78, 5) is 27.5. The van der Waals surface area contributed by atoms with Crippen molar-refractivity contribution in [3.05, 3.63) is 70.3 Å². The number of aliphatic hydroxyl groups excluding tert-OH is 1. The number of nitrogens with zero attached hydrogens (tertiary/aromatic N) is 1. The zero-order chi connectivity index (χ0) is 22.7. The van der Waals surface area contributed by atoms with E-state index < -0.39 is 17.7 Å². The molecule has 1 amide bonds. The molecular weight excluding hydrogens is 394 g/mol. The molecule has 6 heteroatoms. The Kier molecular flexibility index (Phi) is 6.81. The molecule has 1 unspecified atom stereocenters. The molecular formula is C25H29NO5. The number of carbonyl (C=O) groups is 2. The first kappa shape index (κ1) is 22.6. The monoisotopic (exact) mass is 423 g/mol. The van der Waals surface area contributed by atoms with Crippen LogP contribution in [-0.2, 0) is 14.3 Å². The van der Waals surface area contributed by atoms with Crippen LogP contribution in [0.5, 0.6) is 5.75 Å². The van der Waals surface area contributed by atoms with Crippen molar-refractivity contribution in [1.82, 2.24) is 4.90 Å². The molecule has 2 aromatic rings. The summed E-state index contributed by atoms with van der Waals surface area (Å²) < 4.78 is 11.0. The van der Waals surface area contributed by atoms with Crippen molar-refractivity contribution in [3.63, 3.8) is 0 Å². The molecule has 6 nitrogen and oxygen atoms in total. The zero-order valence-corrected chi connectivity index (χ0v) is 18.6. The lowest BCUT2D eigenvalue weighted by Crippen LogP contribution is -2.33. The van der Waals surface area contributed by atoms with E-state index in [9.17, 15) is 14.7 Å². The van der Waals surface area contributed by atoms with E-state index in [1.165, 1.54) is 4.90 Å². The van der Waals surface area contributed by atoms with Crippen molar-refractivity contribution in [3.8, 4) is 5.75 Å². The van der Waals surface area contributed by atoms with Gasteiger partial charge in [0.25, 0.3) is 11.7 Å². The van der Waals surface area contributed by atoms with Crippen LogP contribution in [0.15, 0.2) is 48.0 Å². The minimum atomic E-state index is -0.731. The Labute approximate surface area is 183 Å². The van der Waals surface area contributed by atoms with Crippen molar-refractivity contribution < 1.29 is 24.2 Å². The maximum atomic E-state index is 13.1. The molecule has 3 rings (SSSR count). The molecule has 1 fully saturated rings. The Balaban J connectivity index is 2.15. The molecule has 0 aliphatic carbocycles. The third-order valence-corrected chi connectivity index (χ3v) is 5.38. The number of rotatable bonds is 7. The number of Topliss-reactive ketones (excluding diaryl/α,β-unsaturated/α-hetero) is 1. The van der Waals surface area contributed by atoms with Crippen molar-refractivity contribution in [2.75, 3.05) is 20.3 Å². The van der Waals surface area contributed by atoms with E-state index in [0.29, 0.717) is 16.9 Å². The predicted octanol–water partition coefficient (Wildman–Crippen LogP) is 4.16. The quantitative estimate of drug-likeness (QED) is 0.411. The van der Waals surface area contributed by atoms with Gasteiger partial charge in [-0.3, -0.25) is 9.59 Å². The highest BCUT2D eigenvalue weighted by molar-refractivity contribution is 6.46. The maximum Gasteiger partial charge on any atom is 0.295 e. The Hall–Kier alpha value is -3.12. The Morgan fingerprint density at radius 3 is 2.55 bits per heavy atom. The number of ether oxygens (including phenoxy) is 2. The molecule has 0 spiro atoms. The van der Waals surface area contributed by atoms with Gasteiger partial charge in [0.1, 0.15) is 11.5 Å². The topological polar surface area (TPSA) is 76.1 Å². The van der Waals surface area contributed by atoms with E-state index in [2.05, 4.69) is 0 Å². The number of aryl methyl sites for hydroxylation is 2. The van der Waals surface area contributed by atoms with Crippen LogP contribution in [0.4, 0.5) is 0 Å². The Morgan fingerprint density at radius 2 is 1.87 bits per heavy atom. The van der Waals surface area contributed by atoms with Crippen LogP contribution in [-0.4, -0.2) is 48.1 Å². The van der Waals surface area contributed by atoms with Crippen molar-refractivity contribution in [2.24, 2.45) is 0 Å². The van der Waals surface area contributed by atoms with E-state index in [4.69, 9.17) is 9.47 Å². The molecule has 1 heterocycles. The fraction of sp³-hybridized carbons (Fsp3) is 0.360. The highest BCUT2D eigenvalue weighted by Crippen LogP contribution is 2.40. The maximum absolute atomic E-state index is 13.1. The first-order valence-electron chi connectivity index (χ1n) is 10.4. The predicted molar refractivity (Wildman–Crippen MR) is 119 cm³/mol. The van der Waals surface area contributed by atoms with Crippen LogP contribution in [0.1, 0.15) is 42.1 Å². The summed E-state index contributed by atoms with van der Waals surface area (Å²) in [7, 11) is 1.56. The van der Waals surface area contributed by atoms with E-state index in [1.807, 2.05) is 52.0 Å². The molecule has 1 saturated heterocycles. The van der Waals surface area contributed by atoms with Crippen LogP contribution in [0.3, 0.4) is 0 Å². The molecule has 1 atom stereocenters. The summed E-state index contributed by atoms with van der Waals surface area (Å²) in [6, 6.07) is 12.1. The van der Waals surface area contributed by atoms with Gasteiger partial charge < -0.3 is 19.5 Å². The number of benzene rings is 2. The number of hydrogen-bond donors (Lipinski definition) is 1. The van der Waals surface area contributed by atoms with Gasteiger partial charge >= 0.3 is 0 Å². The van der Waals surface area contributed by atoms with Crippen LogP contribution in [0.25, 0.3) is 5.76 Å². The Bertz CT molecular complexity index is 1020. The first-order valence-corrected chi connectivity index (χ1v) is 10.4. The molecule has 0 aromatic heterocycles. The summed E-state index contributed by atoms with van der Waals surface area (Å²) in [5, 5.41) is 11.2. The van der Waals surface area contributed by atoms with Crippen LogP contribution in [0, 0.1) is 13.8 Å². The fourth-order valence-corrected chi connectivity index (χ4v) is 3.79. The third kappa shape index (κ3) is 4.64. The van der Waals surface area contributed by atoms with E-state index in [0.717, 1.165) is 11.1 Å². The summed E-state index contributed by atoms with van der Waals surface area (Å²) in [6.45, 7) is 8.12. The average molecular weight is 424 g/mol. The largest absolute Gasteiger partial charge is 0.507 e. The number of aliphatic hydroxyl groups is 1. The minimum absolute atomic E-state index is 0.00188. The second-order valence-corrected chi connectivity index (χ2v) is 8.01. The smallest absolute Gasteiger partial charge is 0.295 e. The SMILES string of the molecule is COc1cccc(C2/C(=C(\O)c3cc(C)ccc3C)C(=O)C(=O)N2CCOC(C)C)c1. The lowest BCUT2D eigenvalue weighted by atomic mass is 9.93. The van der Waals surface area contributed by atoms with Crippen molar-refractivity contribution >= 4 is 17.4 Å². The normalized spacial score (nSPS) is 18.1. The molecule has 31 heavy (non-hydrogen) atoms. The fourth-order valence-electron chi connectivity index (χ4n) is 3.79. The summed E-state index contributed by atoms with van der Waals surface area (Å²) in [5.41, 5.74) is 3.09. The summed E-state index contributed by atoms with van der Waals surface area (Å²) >= 11 is 0. The summed E-state index contributed by atoms with van der Waals surface area (Å²) in [5.74, 6) is -0.907. The highest BCUT2D eigenvalue weighted by atomic mass is 16.5. The third-order valence-electron chi connectivity index (χ3n) is 5.38. The lowest BCUT2D eigenvalue weighted by Gasteiger charge is -2.26. The number of ketones is 1. The van der Waals surface area contributed by atoms with Crippen LogP contribution >= 0.6 is 0 Å². The second-order valence-electron chi connectivity index (χ2n) is 8.01. The molecule has 0 bridgehead atoms. The van der Waals surface area contributed by atoms with Gasteiger partial charge in [-0.25, -0.2) is 0 Å². The van der Waals surface area contributed by atoms with Gasteiger partial charge in [0.05, 0.1) is 31.4 Å². The number of likely N-dealkylation sites (tertiary alicyclic amines) is 1. The van der Waals surface area contributed by atoms with Gasteiger partial charge in [-0.15, -0.1) is 0 Å². The van der Waals surface area contributed by atoms with Gasteiger partial charge in [0, 0.05) is 12.1 Å². The highest BCUT2D eigenvalue weighted by Gasteiger charge is 2.46. The lowest BCUT2D eigenvalue weighted by molar-refractivity contribution is -0.140. The average Bonchev–Trinajstić information content (AvgIpc) is 2.99. The summed E-state index contributed by atoms with van der Waals surface area (Å²) in [6.07, 6.45) is 0.00188. The molecule has 0 radical (unpaired) electrons. The molecule has 1 aliphatic heterocycles. The standard InChI is InChI=1S/C25H29NO5/c1-15(2)31-12-11-26-22(18-7-6-8-19(14-18)30-5)21(24(28)25(26)29)23(27)20-13-16(3)9-10-17(20)4/h6-10,13-15,22,27H,11-12H2,1-5H3/b23-21+. The van der Waals surface area contributed by atoms with Gasteiger partial charge in [0.15, 0.2) is 0 Å². The molecule has 2 aromatic carbocycles. The first-order chi connectivity index (χ1) is 14.7. The second kappa shape index (κ2) is 9.35. The van der Waals surface area contributed by atoms with Gasteiger partial charge in [-0.1, -0.05) is 29.8 Å². The van der Waals surface area contributed by atoms with E-state index >= 15 is 0 Å². The molecule has 1 N–H and O–H groups in total. The molecule has 1 aliphatic rings. The zero-order valence-electron chi connectivity index (χ0n) is 18.6. The number of methoxy groups -OCH3 is 1. The van der Waals surface area contributed by atoms with Gasteiger partial charge in [-0.05, 0) is 57.0 Å². The number of carbonyl (C=O) groups excluding carboxylic acids is 2. The van der Waals surface area contributed by atoms with Crippen LogP contribution in [0.2, 0.25) is 0 Å². The molecule has 164 valence electrons. The number of amides is 1. The Morgan fingerprint density at radius 1 is 1.13 bits per heavy atom. The minimum Gasteiger partial charge on any atom is -0.507 e. The van der Waals surface area contributed by atoms with E-state index in [-0.39, 0.29) is 30.6 Å². The van der Waals surface area contributed by atoms with E-state index in [1.54, 1.807) is 25.3 Å². The number of hydrogen-bond acceptors (Lipinski definition) is 5. The van der Waals surface area contributed by atoms with Crippen LogP contribution < -0.4 is 4.74 Å². The van der Waals surface area contributed by atoms with Gasteiger partial charge in [-0.2, -0.15) is 0 Å².